The number of hydrogen-bond acceptors (Lipinski definition) is 7. The molecule has 2 heterocycles. The Balaban J connectivity index is 1.70. The predicted octanol–water partition coefficient (Wildman–Crippen LogP) is 8.95. The average Bonchev–Trinajstić information content (AvgIpc) is 3.35. The molecule has 10 heteroatoms. The number of benzene rings is 1. The smallest absolute Gasteiger partial charge is 0.414 e. The molecule has 0 saturated heterocycles. The standard InChI is InChI=1S/C33H50FN5O4/c1-7-8-9-10-11-12-13-14-15-16-17-18-19-20-35-29-27-26-23(22-40)24(34)21-25(39(5)32(41)43-33(2,3)4)28(26)36-30(27)38-31(37-29)42-6/h21-22H,7-20H2,1-6H3,(H2,35,36,37,38). The highest BCUT2D eigenvalue weighted by molar-refractivity contribution is 6.20. The fraction of sp³-hybridized carbons (Fsp3) is 0.636. The predicted molar refractivity (Wildman–Crippen MR) is 172 cm³/mol. The maximum Gasteiger partial charge on any atom is 0.414 e. The second-order valence-electron chi connectivity index (χ2n) is 12.3. The van der Waals surface area contributed by atoms with Crippen LogP contribution in [0.25, 0.3) is 21.9 Å². The van der Waals surface area contributed by atoms with E-state index in [1.807, 2.05) is 0 Å². The van der Waals surface area contributed by atoms with Gasteiger partial charge >= 0.3 is 12.1 Å². The Labute approximate surface area is 255 Å². The number of carbonyl (C=O) groups excluding carboxylic acids is 2. The van der Waals surface area contributed by atoms with Gasteiger partial charge in [-0.3, -0.25) is 9.69 Å². The molecule has 1 amide bonds. The highest BCUT2D eigenvalue weighted by Gasteiger charge is 2.27. The van der Waals surface area contributed by atoms with Gasteiger partial charge in [0.2, 0.25) is 0 Å². The Bertz CT molecular complexity index is 1350. The van der Waals surface area contributed by atoms with Gasteiger partial charge in [-0.1, -0.05) is 84.0 Å². The van der Waals surface area contributed by atoms with E-state index in [0.29, 0.717) is 40.6 Å². The summed E-state index contributed by atoms with van der Waals surface area (Å²) < 4.78 is 26.1. The number of rotatable bonds is 18. The molecule has 3 aromatic rings. The monoisotopic (exact) mass is 599 g/mol. The molecule has 0 saturated carbocycles. The van der Waals surface area contributed by atoms with E-state index in [1.54, 1.807) is 20.8 Å². The zero-order valence-electron chi connectivity index (χ0n) is 26.9. The lowest BCUT2D eigenvalue weighted by molar-refractivity contribution is 0.0589. The third-order valence-corrected chi connectivity index (χ3v) is 7.58. The summed E-state index contributed by atoms with van der Waals surface area (Å²) in [6, 6.07) is 1.28. The molecule has 43 heavy (non-hydrogen) atoms. The number of hydrogen-bond donors (Lipinski definition) is 2. The zero-order valence-corrected chi connectivity index (χ0v) is 26.9. The van der Waals surface area contributed by atoms with Gasteiger partial charge in [-0.05, 0) is 27.2 Å². The lowest BCUT2D eigenvalue weighted by Gasteiger charge is -2.25. The fourth-order valence-corrected chi connectivity index (χ4v) is 5.30. The van der Waals surface area contributed by atoms with Crippen LogP contribution in [0.15, 0.2) is 6.07 Å². The fourth-order valence-electron chi connectivity index (χ4n) is 5.30. The first kappa shape index (κ1) is 34.1. The van der Waals surface area contributed by atoms with Gasteiger partial charge in [-0.25, -0.2) is 9.18 Å². The van der Waals surface area contributed by atoms with Gasteiger partial charge in [-0.15, -0.1) is 0 Å². The molecule has 0 aliphatic rings. The number of aldehydes is 1. The molecule has 2 N–H and O–H groups in total. The van der Waals surface area contributed by atoms with Crippen molar-refractivity contribution in [2.45, 2.75) is 117 Å². The van der Waals surface area contributed by atoms with Gasteiger partial charge in [-0.2, -0.15) is 9.97 Å². The van der Waals surface area contributed by atoms with Crippen LogP contribution in [0.4, 0.5) is 20.7 Å². The number of H-pyrrole nitrogens is 1. The summed E-state index contributed by atoms with van der Waals surface area (Å²) in [5, 5.41) is 4.12. The molecule has 0 bridgehead atoms. The summed E-state index contributed by atoms with van der Waals surface area (Å²) >= 11 is 0. The Morgan fingerprint density at radius 2 is 1.56 bits per heavy atom. The van der Waals surface area contributed by atoms with Gasteiger partial charge in [0, 0.05) is 25.0 Å². The Morgan fingerprint density at radius 3 is 2.09 bits per heavy atom. The molecule has 0 atom stereocenters. The summed E-state index contributed by atoms with van der Waals surface area (Å²) in [5.74, 6) is -0.321. The van der Waals surface area contributed by atoms with Gasteiger partial charge in [0.05, 0.1) is 29.3 Å². The molecule has 9 nitrogen and oxygen atoms in total. The first-order valence-electron chi connectivity index (χ1n) is 15.9. The number of methoxy groups -OCH3 is 1. The summed E-state index contributed by atoms with van der Waals surface area (Å²) in [6.07, 6.45) is 16.3. The molecular formula is C33H50FN5O4. The SMILES string of the molecule is CCCCCCCCCCCCCCCNc1nc(OC)nc2[nH]c3c(N(C)C(=O)OC(C)(C)C)cc(F)c(C=O)c3c12. The highest BCUT2D eigenvalue weighted by Crippen LogP contribution is 2.39. The number of halogens is 1. The number of fused-ring (bicyclic) bond motifs is 3. The Morgan fingerprint density at radius 1 is 0.977 bits per heavy atom. The van der Waals surface area contributed by atoms with Crippen molar-refractivity contribution in [3.8, 4) is 6.01 Å². The molecule has 0 aliphatic heterocycles. The Kier molecular flexibility index (Phi) is 13.0. The molecular weight excluding hydrogens is 549 g/mol. The van der Waals surface area contributed by atoms with Crippen molar-refractivity contribution in [3.63, 3.8) is 0 Å². The second-order valence-corrected chi connectivity index (χ2v) is 12.3. The number of nitrogens with one attached hydrogen (secondary N) is 2. The molecule has 1 aromatic carbocycles. The number of amides is 1. The topological polar surface area (TPSA) is 109 Å². The molecule has 2 aromatic heterocycles. The summed E-state index contributed by atoms with van der Waals surface area (Å²) in [7, 11) is 2.97. The maximum absolute atomic E-state index is 15.3. The van der Waals surface area contributed by atoms with Gasteiger partial charge in [0.1, 0.15) is 22.9 Å². The maximum atomic E-state index is 15.3. The van der Waals surface area contributed by atoms with E-state index in [-0.39, 0.29) is 17.3 Å². The number of anilines is 2. The summed E-state index contributed by atoms with van der Waals surface area (Å²) in [4.78, 5) is 38.2. The van der Waals surface area contributed by atoms with Crippen molar-refractivity contribution >= 4 is 45.8 Å². The minimum atomic E-state index is -0.757. The average molecular weight is 600 g/mol. The number of nitrogens with zero attached hydrogens (tertiary/aromatic N) is 3. The first-order valence-corrected chi connectivity index (χ1v) is 15.9. The van der Waals surface area contributed by atoms with Crippen LogP contribution in [0.1, 0.15) is 122 Å². The van der Waals surface area contributed by atoms with Crippen LogP contribution in [0.2, 0.25) is 0 Å². The normalized spacial score (nSPS) is 11.7. The molecule has 0 aliphatic carbocycles. The third kappa shape index (κ3) is 9.53. The van der Waals surface area contributed by atoms with E-state index in [0.717, 1.165) is 18.9 Å². The van der Waals surface area contributed by atoms with E-state index in [1.165, 1.54) is 89.7 Å². The highest BCUT2D eigenvalue weighted by atomic mass is 19.1. The summed E-state index contributed by atoms with van der Waals surface area (Å²) in [5.41, 5.74) is 0.0724. The van der Waals surface area contributed by atoms with Crippen LogP contribution >= 0.6 is 0 Å². The molecule has 238 valence electrons. The van der Waals surface area contributed by atoms with Crippen molar-refractivity contribution in [2.24, 2.45) is 0 Å². The minimum absolute atomic E-state index is 0.127. The van der Waals surface area contributed by atoms with Crippen molar-refractivity contribution in [3.05, 3.63) is 17.4 Å². The van der Waals surface area contributed by atoms with E-state index >= 15 is 4.39 Å². The lowest BCUT2D eigenvalue weighted by atomic mass is 10.0. The Hall–Kier alpha value is -3.43. The van der Waals surface area contributed by atoms with E-state index in [4.69, 9.17) is 9.47 Å². The van der Waals surface area contributed by atoms with Crippen molar-refractivity contribution in [2.75, 3.05) is 30.9 Å². The minimum Gasteiger partial charge on any atom is -0.467 e. The van der Waals surface area contributed by atoms with Crippen LogP contribution in [-0.2, 0) is 4.74 Å². The van der Waals surface area contributed by atoms with Gasteiger partial charge < -0.3 is 19.8 Å². The number of aromatic amines is 1. The van der Waals surface area contributed by atoms with Crippen LogP contribution < -0.4 is 15.0 Å². The van der Waals surface area contributed by atoms with Crippen molar-refractivity contribution in [1.29, 1.82) is 0 Å². The molecule has 0 spiro atoms. The van der Waals surface area contributed by atoms with E-state index in [9.17, 15) is 9.59 Å². The van der Waals surface area contributed by atoms with Gasteiger partial charge in [0.25, 0.3) is 0 Å². The second kappa shape index (κ2) is 16.4. The number of aromatic nitrogens is 3. The molecule has 3 rings (SSSR count). The van der Waals surface area contributed by atoms with Gasteiger partial charge in [0.15, 0.2) is 6.29 Å². The first-order chi connectivity index (χ1) is 20.6. The number of ether oxygens (including phenoxy) is 2. The van der Waals surface area contributed by atoms with Crippen LogP contribution in [0, 0.1) is 5.82 Å². The zero-order chi connectivity index (χ0) is 31.4. The third-order valence-electron chi connectivity index (χ3n) is 7.58. The quantitative estimate of drug-likeness (QED) is 0.111. The van der Waals surface area contributed by atoms with Crippen LogP contribution in [0.5, 0.6) is 6.01 Å². The molecule has 0 fully saturated rings. The van der Waals surface area contributed by atoms with Crippen LogP contribution in [-0.4, -0.2) is 53.6 Å². The van der Waals surface area contributed by atoms with E-state index in [2.05, 4.69) is 27.2 Å². The number of carbonyl (C=O) groups is 2. The van der Waals surface area contributed by atoms with Crippen molar-refractivity contribution < 1.29 is 23.5 Å². The molecule has 0 unspecified atom stereocenters. The van der Waals surface area contributed by atoms with Crippen LogP contribution in [0.3, 0.4) is 0 Å². The van der Waals surface area contributed by atoms with E-state index < -0.39 is 17.5 Å². The number of unbranched alkanes of at least 4 members (excludes halogenated alkanes) is 12. The lowest BCUT2D eigenvalue weighted by Crippen LogP contribution is -2.34. The van der Waals surface area contributed by atoms with Crippen molar-refractivity contribution in [1.82, 2.24) is 15.0 Å². The largest absolute Gasteiger partial charge is 0.467 e. The summed E-state index contributed by atoms with van der Waals surface area (Å²) in [6.45, 7) is 8.17. The molecule has 0 radical (unpaired) electrons.